The van der Waals surface area contributed by atoms with Crippen LogP contribution in [0.15, 0.2) is 59.9 Å². The van der Waals surface area contributed by atoms with Gasteiger partial charge in [0.1, 0.15) is 11.4 Å². The average molecular weight is 413 g/mol. The lowest BCUT2D eigenvalue weighted by Crippen LogP contribution is -2.10. The fourth-order valence-corrected chi connectivity index (χ4v) is 3.78. The first-order valence-corrected chi connectivity index (χ1v) is 9.69. The number of amides is 1. The lowest BCUT2D eigenvalue weighted by atomic mass is 10.0. The van der Waals surface area contributed by atoms with Crippen LogP contribution in [0.3, 0.4) is 0 Å². The molecule has 0 unspecified atom stereocenters. The van der Waals surface area contributed by atoms with Gasteiger partial charge in [0.2, 0.25) is 5.91 Å². The number of fused-ring (bicyclic) bond motifs is 1. The minimum Gasteiger partial charge on any atom is -0.504 e. The van der Waals surface area contributed by atoms with Crippen molar-refractivity contribution in [1.29, 1.82) is 0 Å². The lowest BCUT2D eigenvalue weighted by Gasteiger charge is -2.03. The summed E-state index contributed by atoms with van der Waals surface area (Å²) < 4.78 is 3.37. The van der Waals surface area contributed by atoms with Crippen molar-refractivity contribution in [2.24, 2.45) is 17.8 Å². The SMILES string of the molecule is Cn1nc(-c2ccc(Cn3ccnn3)cc2)c(O)c1C1=Nc2cc(C(N)=O)ccc2C1. The molecule has 2 aromatic carbocycles. The van der Waals surface area contributed by atoms with Gasteiger partial charge in [0.15, 0.2) is 5.75 Å². The first-order valence-electron chi connectivity index (χ1n) is 9.69. The number of carbonyl (C=O) groups is 1. The van der Waals surface area contributed by atoms with Crippen LogP contribution in [0.4, 0.5) is 5.69 Å². The summed E-state index contributed by atoms with van der Waals surface area (Å²) in [4.78, 5) is 16.1. The number of hydrogen-bond acceptors (Lipinski definition) is 6. The standard InChI is InChI=1S/C22H19N7O2/c1-28-20(18-10-15-6-7-16(22(23)31)11-17(15)25-18)21(30)19(26-28)14-4-2-13(3-5-14)12-29-9-8-24-27-29/h2-9,11,30H,10,12H2,1H3,(H2,23,31). The zero-order chi connectivity index (χ0) is 21.5. The van der Waals surface area contributed by atoms with Gasteiger partial charge >= 0.3 is 0 Å². The zero-order valence-corrected chi connectivity index (χ0v) is 16.7. The molecular formula is C22H19N7O2. The Bertz CT molecular complexity index is 1320. The fraction of sp³-hybridized carbons (Fsp3) is 0.136. The number of aliphatic imine (C=N–C) groups is 1. The summed E-state index contributed by atoms with van der Waals surface area (Å²) in [5.74, 6) is -0.419. The minimum absolute atomic E-state index is 0.0770. The van der Waals surface area contributed by atoms with Crippen LogP contribution in [-0.2, 0) is 20.0 Å². The molecule has 0 fully saturated rings. The molecule has 1 aliphatic heterocycles. The Morgan fingerprint density at radius 1 is 1.19 bits per heavy atom. The molecule has 2 aromatic heterocycles. The highest BCUT2D eigenvalue weighted by molar-refractivity contribution is 6.08. The number of aromatic hydroxyl groups is 1. The van der Waals surface area contributed by atoms with Crippen LogP contribution in [0.1, 0.15) is 27.2 Å². The van der Waals surface area contributed by atoms with E-state index in [-0.39, 0.29) is 5.75 Å². The van der Waals surface area contributed by atoms with Crippen molar-refractivity contribution in [2.75, 3.05) is 0 Å². The Hall–Kier alpha value is -4.27. The Morgan fingerprint density at radius 2 is 2.00 bits per heavy atom. The van der Waals surface area contributed by atoms with Crippen molar-refractivity contribution in [2.45, 2.75) is 13.0 Å². The quantitative estimate of drug-likeness (QED) is 0.519. The maximum atomic E-state index is 11.4. The van der Waals surface area contributed by atoms with Crippen LogP contribution in [0.2, 0.25) is 0 Å². The Balaban J connectivity index is 1.45. The van der Waals surface area contributed by atoms with Gasteiger partial charge in [0.25, 0.3) is 0 Å². The molecule has 4 aromatic rings. The molecule has 3 heterocycles. The monoisotopic (exact) mass is 413 g/mol. The summed E-state index contributed by atoms with van der Waals surface area (Å²) in [6, 6.07) is 13.0. The third-order valence-corrected chi connectivity index (χ3v) is 5.32. The third kappa shape index (κ3) is 3.35. The van der Waals surface area contributed by atoms with Gasteiger partial charge in [0, 0.05) is 30.8 Å². The predicted octanol–water partition coefficient (Wildman–Crippen LogP) is 2.21. The summed E-state index contributed by atoms with van der Waals surface area (Å²) >= 11 is 0. The van der Waals surface area contributed by atoms with E-state index in [1.54, 1.807) is 40.9 Å². The fourth-order valence-electron chi connectivity index (χ4n) is 3.78. The largest absolute Gasteiger partial charge is 0.504 e. The molecule has 0 bridgehead atoms. The number of primary amides is 1. The normalized spacial score (nSPS) is 12.6. The highest BCUT2D eigenvalue weighted by Gasteiger charge is 2.25. The molecule has 5 rings (SSSR count). The van der Waals surface area contributed by atoms with Crippen molar-refractivity contribution in [3.05, 3.63) is 77.2 Å². The van der Waals surface area contributed by atoms with Crippen molar-refractivity contribution >= 4 is 17.3 Å². The molecule has 0 radical (unpaired) electrons. The Kier molecular flexibility index (Phi) is 4.36. The van der Waals surface area contributed by atoms with Crippen molar-refractivity contribution in [1.82, 2.24) is 24.8 Å². The summed E-state index contributed by atoms with van der Waals surface area (Å²) in [5, 5.41) is 23.3. The van der Waals surface area contributed by atoms with Crippen LogP contribution in [0.25, 0.3) is 11.3 Å². The van der Waals surface area contributed by atoms with Gasteiger partial charge in [0.05, 0.1) is 24.1 Å². The molecule has 0 saturated carbocycles. The van der Waals surface area contributed by atoms with Crippen LogP contribution >= 0.6 is 0 Å². The molecule has 0 atom stereocenters. The summed E-state index contributed by atoms with van der Waals surface area (Å²) in [5.41, 5.74) is 11.0. The maximum absolute atomic E-state index is 11.4. The van der Waals surface area contributed by atoms with E-state index in [0.29, 0.717) is 41.3 Å². The Morgan fingerprint density at radius 3 is 2.71 bits per heavy atom. The molecule has 3 N–H and O–H groups in total. The second kappa shape index (κ2) is 7.21. The van der Waals surface area contributed by atoms with Gasteiger partial charge in [-0.2, -0.15) is 5.10 Å². The van der Waals surface area contributed by atoms with E-state index in [4.69, 9.17) is 5.73 Å². The van der Waals surface area contributed by atoms with E-state index in [1.165, 1.54) is 0 Å². The number of rotatable bonds is 5. The molecule has 0 aliphatic carbocycles. The maximum Gasteiger partial charge on any atom is 0.248 e. The molecular weight excluding hydrogens is 394 g/mol. The lowest BCUT2D eigenvalue weighted by molar-refractivity contribution is 0.100. The average Bonchev–Trinajstić information content (AvgIpc) is 3.47. The minimum atomic E-state index is -0.496. The number of aryl methyl sites for hydroxylation is 1. The number of benzene rings is 2. The van der Waals surface area contributed by atoms with Crippen LogP contribution < -0.4 is 5.73 Å². The number of carbonyl (C=O) groups excluding carboxylic acids is 1. The van der Waals surface area contributed by atoms with Crippen molar-refractivity contribution in [3.8, 4) is 17.0 Å². The number of aromatic nitrogens is 5. The molecule has 31 heavy (non-hydrogen) atoms. The van der Waals surface area contributed by atoms with E-state index in [2.05, 4.69) is 20.4 Å². The molecule has 154 valence electrons. The first kappa shape index (κ1) is 18.7. The summed E-state index contributed by atoms with van der Waals surface area (Å²) in [6.07, 6.45) is 3.98. The third-order valence-electron chi connectivity index (χ3n) is 5.32. The first-order chi connectivity index (χ1) is 15.0. The van der Waals surface area contributed by atoms with Crippen LogP contribution in [0, 0.1) is 0 Å². The van der Waals surface area contributed by atoms with Gasteiger partial charge in [-0.25, -0.2) is 4.68 Å². The second-order valence-electron chi connectivity index (χ2n) is 7.41. The summed E-state index contributed by atoms with van der Waals surface area (Å²) in [6.45, 7) is 0.613. The highest BCUT2D eigenvalue weighted by atomic mass is 16.3. The topological polar surface area (TPSA) is 124 Å². The molecule has 9 heteroatoms. The van der Waals surface area contributed by atoms with Crippen LogP contribution in [0.5, 0.6) is 5.75 Å². The zero-order valence-electron chi connectivity index (χ0n) is 16.7. The summed E-state index contributed by atoms with van der Waals surface area (Å²) in [7, 11) is 1.78. The van der Waals surface area contributed by atoms with Crippen LogP contribution in [-0.4, -0.2) is 41.5 Å². The number of nitrogens with two attached hydrogens (primary N) is 1. The predicted molar refractivity (Wildman–Crippen MR) is 114 cm³/mol. The van der Waals surface area contributed by atoms with E-state index in [1.807, 2.05) is 30.3 Å². The van der Waals surface area contributed by atoms with Gasteiger partial charge in [-0.05, 0) is 23.3 Å². The van der Waals surface area contributed by atoms with Crippen molar-refractivity contribution < 1.29 is 9.90 Å². The Labute approximate surface area is 177 Å². The molecule has 9 nitrogen and oxygen atoms in total. The van der Waals surface area contributed by atoms with Gasteiger partial charge in [-0.1, -0.05) is 35.5 Å². The molecule has 1 aliphatic rings. The van der Waals surface area contributed by atoms with E-state index in [9.17, 15) is 9.90 Å². The van der Waals surface area contributed by atoms with Gasteiger partial charge in [-0.3, -0.25) is 14.5 Å². The number of nitrogens with zero attached hydrogens (tertiary/aromatic N) is 6. The molecule has 0 spiro atoms. The second-order valence-corrected chi connectivity index (χ2v) is 7.41. The molecule has 1 amide bonds. The van der Waals surface area contributed by atoms with Gasteiger partial charge < -0.3 is 10.8 Å². The van der Waals surface area contributed by atoms with E-state index < -0.39 is 5.91 Å². The van der Waals surface area contributed by atoms with Gasteiger partial charge in [-0.15, -0.1) is 5.10 Å². The van der Waals surface area contributed by atoms with Crippen molar-refractivity contribution in [3.63, 3.8) is 0 Å². The molecule has 0 saturated heterocycles. The number of hydrogen-bond donors (Lipinski definition) is 2. The van der Waals surface area contributed by atoms with E-state index in [0.717, 1.165) is 16.7 Å². The van der Waals surface area contributed by atoms with E-state index >= 15 is 0 Å². The highest BCUT2D eigenvalue weighted by Crippen LogP contribution is 2.36. The smallest absolute Gasteiger partial charge is 0.248 e.